The van der Waals surface area contributed by atoms with Crippen LogP contribution in [0.1, 0.15) is 32.3 Å². The molecule has 148 valence electrons. The Morgan fingerprint density at radius 2 is 2.14 bits per heavy atom. The van der Waals surface area contributed by atoms with E-state index in [0.29, 0.717) is 17.4 Å². The van der Waals surface area contributed by atoms with Gasteiger partial charge in [-0.2, -0.15) is 11.3 Å². The summed E-state index contributed by atoms with van der Waals surface area (Å²) in [5.41, 5.74) is 2.89. The number of benzene rings is 1. The standard InChI is InChI=1S/C20H24N4O2S2/c1-5-24-19(15-8-9-27-11-15)22-23-20(24)28-12-18(25)21-16-7-6-14(13(2)3)10-17(16)26-4/h6-11,13H,5,12H2,1-4H3,(H,21,25). The number of ether oxygens (including phenoxy) is 1. The van der Waals surface area contributed by atoms with Gasteiger partial charge in [0.05, 0.1) is 18.6 Å². The van der Waals surface area contributed by atoms with Gasteiger partial charge in [0.1, 0.15) is 5.75 Å². The van der Waals surface area contributed by atoms with E-state index < -0.39 is 0 Å². The molecule has 0 saturated carbocycles. The van der Waals surface area contributed by atoms with Crippen molar-refractivity contribution in [3.8, 4) is 17.1 Å². The van der Waals surface area contributed by atoms with Crippen LogP contribution < -0.4 is 10.1 Å². The molecule has 6 nitrogen and oxygen atoms in total. The smallest absolute Gasteiger partial charge is 0.234 e. The van der Waals surface area contributed by atoms with Gasteiger partial charge in [-0.1, -0.05) is 31.7 Å². The number of hydrogen-bond acceptors (Lipinski definition) is 6. The molecule has 0 fully saturated rings. The van der Waals surface area contributed by atoms with Crippen LogP contribution in [0, 0.1) is 0 Å². The minimum Gasteiger partial charge on any atom is -0.495 e. The molecule has 3 aromatic rings. The zero-order valence-corrected chi connectivity index (χ0v) is 18.1. The predicted octanol–water partition coefficient (Wildman–Crippen LogP) is 4.89. The number of carbonyl (C=O) groups is 1. The van der Waals surface area contributed by atoms with Crippen LogP contribution in [0.5, 0.6) is 5.75 Å². The number of hydrogen-bond donors (Lipinski definition) is 1. The van der Waals surface area contributed by atoms with E-state index in [4.69, 9.17) is 4.74 Å². The van der Waals surface area contributed by atoms with Crippen molar-refractivity contribution in [1.29, 1.82) is 0 Å². The summed E-state index contributed by atoms with van der Waals surface area (Å²) in [6, 6.07) is 7.89. The Hall–Kier alpha value is -2.32. The summed E-state index contributed by atoms with van der Waals surface area (Å²) in [7, 11) is 1.61. The summed E-state index contributed by atoms with van der Waals surface area (Å²) < 4.78 is 7.46. The average molecular weight is 417 g/mol. The fraction of sp³-hybridized carbons (Fsp3) is 0.350. The maximum absolute atomic E-state index is 12.5. The molecule has 1 aromatic carbocycles. The Kier molecular flexibility index (Phi) is 6.74. The molecule has 1 amide bonds. The van der Waals surface area contributed by atoms with Gasteiger partial charge in [0, 0.05) is 17.5 Å². The third kappa shape index (κ3) is 4.56. The second-order valence-electron chi connectivity index (χ2n) is 6.51. The molecule has 0 radical (unpaired) electrons. The van der Waals surface area contributed by atoms with Gasteiger partial charge in [-0.25, -0.2) is 0 Å². The van der Waals surface area contributed by atoms with Crippen LogP contribution >= 0.6 is 23.1 Å². The van der Waals surface area contributed by atoms with Crippen LogP contribution in [0.2, 0.25) is 0 Å². The molecule has 2 aromatic heterocycles. The highest BCUT2D eigenvalue weighted by Gasteiger charge is 2.16. The normalized spacial score (nSPS) is 11.0. The highest BCUT2D eigenvalue weighted by molar-refractivity contribution is 7.99. The second-order valence-corrected chi connectivity index (χ2v) is 8.24. The number of thiophene rings is 1. The fourth-order valence-corrected chi connectivity index (χ4v) is 4.21. The Bertz CT molecular complexity index is 936. The third-order valence-corrected chi connectivity index (χ3v) is 5.96. The molecule has 3 rings (SSSR count). The lowest BCUT2D eigenvalue weighted by Gasteiger charge is -2.13. The molecule has 0 aliphatic heterocycles. The zero-order valence-electron chi connectivity index (χ0n) is 16.4. The molecule has 0 aliphatic carbocycles. The van der Waals surface area contributed by atoms with Crippen molar-refractivity contribution < 1.29 is 9.53 Å². The molecule has 0 spiro atoms. The topological polar surface area (TPSA) is 69.0 Å². The van der Waals surface area contributed by atoms with E-state index in [2.05, 4.69) is 29.4 Å². The summed E-state index contributed by atoms with van der Waals surface area (Å²) in [5.74, 6) is 2.03. The van der Waals surface area contributed by atoms with Gasteiger partial charge in [-0.15, -0.1) is 10.2 Å². The van der Waals surface area contributed by atoms with E-state index >= 15 is 0 Å². The number of carbonyl (C=O) groups excluding carboxylic acids is 1. The minimum atomic E-state index is -0.108. The summed E-state index contributed by atoms with van der Waals surface area (Å²) in [6.07, 6.45) is 0. The zero-order chi connectivity index (χ0) is 20.1. The fourth-order valence-electron chi connectivity index (χ4n) is 2.77. The monoisotopic (exact) mass is 416 g/mol. The number of amides is 1. The number of nitrogens with one attached hydrogen (secondary N) is 1. The van der Waals surface area contributed by atoms with E-state index in [0.717, 1.165) is 23.1 Å². The van der Waals surface area contributed by atoms with Crippen molar-refractivity contribution in [2.24, 2.45) is 0 Å². The SMILES string of the molecule is CCn1c(SCC(=O)Nc2ccc(C(C)C)cc2OC)nnc1-c1ccsc1. The lowest BCUT2D eigenvalue weighted by atomic mass is 10.0. The Labute approximate surface area is 173 Å². The molecule has 0 atom stereocenters. The molecule has 0 bridgehead atoms. The molecular formula is C20H24N4O2S2. The first-order valence-corrected chi connectivity index (χ1v) is 11.0. The van der Waals surface area contributed by atoms with Gasteiger partial charge in [-0.3, -0.25) is 4.79 Å². The first kappa shape index (κ1) is 20.4. The number of rotatable bonds is 8. The summed E-state index contributed by atoms with van der Waals surface area (Å²) in [4.78, 5) is 12.5. The van der Waals surface area contributed by atoms with Crippen molar-refractivity contribution in [3.05, 3.63) is 40.6 Å². The average Bonchev–Trinajstić information content (AvgIpc) is 3.35. The quantitative estimate of drug-likeness (QED) is 0.530. The van der Waals surface area contributed by atoms with Crippen LogP contribution in [0.15, 0.2) is 40.2 Å². The highest BCUT2D eigenvalue weighted by Crippen LogP contribution is 2.29. The lowest BCUT2D eigenvalue weighted by Crippen LogP contribution is -2.15. The lowest BCUT2D eigenvalue weighted by molar-refractivity contribution is -0.113. The largest absolute Gasteiger partial charge is 0.495 e. The molecule has 2 heterocycles. The third-order valence-electron chi connectivity index (χ3n) is 4.31. The molecule has 8 heteroatoms. The first-order valence-electron chi connectivity index (χ1n) is 9.09. The van der Waals surface area contributed by atoms with Gasteiger partial charge >= 0.3 is 0 Å². The van der Waals surface area contributed by atoms with E-state index in [1.54, 1.807) is 18.4 Å². The number of thioether (sulfide) groups is 1. The van der Waals surface area contributed by atoms with E-state index in [1.807, 2.05) is 46.5 Å². The number of aromatic nitrogens is 3. The van der Waals surface area contributed by atoms with E-state index in [9.17, 15) is 4.79 Å². The van der Waals surface area contributed by atoms with Gasteiger partial charge in [0.15, 0.2) is 11.0 Å². The molecule has 28 heavy (non-hydrogen) atoms. The summed E-state index contributed by atoms with van der Waals surface area (Å²) in [6.45, 7) is 7.03. The van der Waals surface area contributed by atoms with Crippen molar-refractivity contribution in [2.45, 2.75) is 38.4 Å². The van der Waals surface area contributed by atoms with Gasteiger partial charge in [0.2, 0.25) is 5.91 Å². The van der Waals surface area contributed by atoms with E-state index in [-0.39, 0.29) is 11.7 Å². The molecular weight excluding hydrogens is 392 g/mol. The number of nitrogens with zero attached hydrogens (tertiary/aromatic N) is 3. The van der Waals surface area contributed by atoms with Crippen molar-refractivity contribution in [3.63, 3.8) is 0 Å². The summed E-state index contributed by atoms with van der Waals surface area (Å²) in [5, 5.41) is 16.3. The minimum absolute atomic E-state index is 0.108. The Balaban J connectivity index is 1.67. The Morgan fingerprint density at radius 3 is 2.79 bits per heavy atom. The van der Waals surface area contributed by atoms with Crippen molar-refractivity contribution in [2.75, 3.05) is 18.2 Å². The maximum atomic E-state index is 12.5. The van der Waals surface area contributed by atoms with Crippen LogP contribution in [-0.2, 0) is 11.3 Å². The van der Waals surface area contributed by atoms with Crippen LogP contribution in [0.4, 0.5) is 5.69 Å². The van der Waals surface area contributed by atoms with Gasteiger partial charge in [-0.05, 0) is 42.0 Å². The number of anilines is 1. The number of methoxy groups -OCH3 is 1. The highest BCUT2D eigenvalue weighted by atomic mass is 32.2. The van der Waals surface area contributed by atoms with Crippen LogP contribution in [-0.4, -0.2) is 33.5 Å². The molecule has 0 aliphatic rings. The maximum Gasteiger partial charge on any atom is 0.234 e. The van der Waals surface area contributed by atoms with Gasteiger partial charge < -0.3 is 14.6 Å². The molecule has 0 saturated heterocycles. The van der Waals surface area contributed by atoms with Crippen molar-refractivity contribution >= 4 is 34.7 Å². The predicted molar refractivity (Wildman–Crippen MR) is 115 cm³/mol. The van der Waals surface area contributed by atoms with E-state index in [1.165, 1.54) is 17.3 Å². The molecule has 0 unspecified atom stereocenters. The first-order chi connectivity index (χ1) is 13.5. The Morgan fingerprint density at radius 1 is 1.32 bits per heavy atom. The summed E-state index contributed by atoms with van der Waals surface area (Å²) >= 11 is 3.00. The van der Waals surface area contributed by atoms with Crippen LogP contribution in [0.25, 0.3) is 11.4 Å². The molecule has 1 N–H and O–H groups in total. The van der Waals surface area contributed by atoms with Crippen LogP contribution in [0.3, 0.4) is 0 Å². The second kappa shape index (κ2) is 9.25. The van der Waals surface area contributed by atoms with Gasteiger partial charge in [0.25, 0.3) is 0 Å². The van der Waals surface area contributed by atoms with Crippen molar-refractivity contribution in [1.82, 2.24) is 14.8 Å².